The molecular weight excluding hydrogens is 604 g/mol. The fourth-order valence-corrected chi connectivity index (χ4v) is 6.10. The molecule has 2 amide bonds. The Morgan fingerprint density at radius 1 is 0.917 bits per heavy atom. The smallest absolute Gasteiger partial charge is 0.407 e. The second-order valence-corrected chi connectivity index (χ2v) is 11.9. The van der Waals surface area contributed by atoms with E-state index in [1.807, 2.05) is 126 Å². The first kappa shape index (κ1) is 32.6. The number of nitrogens with one attached hydrogen (secondary N) is 3. The molecule has 0 saturated carbocycles. The number of anilines is 1. The van der Waals surface area contributed by atoms with Gasteiger partial charge in [0.15, 0.2) is 0 Å². The Balaban J connectivity index is 1.09. The van der Waals surface area contributed by atoms with Crippen LogP contribution in [-0.2, 0) is 27.2 Å². The third kappa shape index (κ3) is 8.33. The molecule has 6 rings (SSSR count). The van der Waals surface area contributed by atoms with Crippen LogP contribution in [0.25, 0.3) is 11.3 Å². The third-order valence-corrected chi connectivity index (χ3v) is 8.59. The van der Waals surface area contributed by atoms with Gasteiger partial charge in [0.2, 0.25) is 5.91 Å². The minimum Gasteiger partial charge on any atom is -0.453 e. The largest absolute Gasteiger partial charge is 0.453 e. The SMILES string of the molecule is COC(=O)NC(C(=O)Nc1ccccc1CCC1CNC(Cn2cc(-c3ccccc3)nn2)CO1)C(c1ccccc1)c1ccccc1. The third-order valence-electron chi connectivity index (χ3n) is 8.59. The van der Waals surface area contributed by atoms with Gasteiger partial charge < -0.3 is 25.4 Å². The summed E-state index contributed by atoms with van der Waals surface area (Å²) in [5, 5.41) is 18.1. The Kier molecular flexibility index (Phi) is 10.9. The van der Waals surface area contributed by atoms with Crippen LogP contribution in [0.2, 0.25) is 0 Å². The molecule has 4 aromatic carbocycles. The first-order chi connectivity index (χ1) is 23.6. The second kappa shape index (κ2) is 16.0. The van der Waals surface area contributed by atoms with Gasteiger partial charge in [-0.3, -0.25) is 9.48 Å². The van der Waals surface area contributed by atoms with Crippen molar-refractivity contribution < 1.29 is 19.1 Å². The summed E-state index contributed by atoms with van der Waals surface area (Å²) in [5.41, 5.74) is 5.36. The van der Waals surface area contributed by atoms with E-state index in [4.69, 9.17) is 9.47 Å². The molecule has 0 radical (unpaired) electrons. The highest BCUT2D eigenvalue weighted by Crippen LogP contribution is 2.30. The maximum atomic E-state index is 14.1. The maximum Gasteiger partial charge on any atom is 0.407 e. The summed E-state index contributed by atoms with van der Waals surface area (Å²) >= 11 is 0. The summed E-state index contributed by atoms with van der Waals surface area (Å²) in [6, 6.07) is 36.3. The van der Waals surface area contributed by atoms with Gasteiger partial charge in [-0.15, -0.1) is 5.10 Å². The number of carbonyl (C=O) groups is 2. The van der Waals surface area contributed by atoms with Crippen LogP contribution in [0.5, 0.6) is 0 Å². The highest BCUT2D eigenvalue weighted by Gasteiger charge is 2.33. The lowest BCUT2D eigenvalue weighted by atomic mass is 9.84. The Hall–Kier alpha value is -5.32. The van der Waals surface area contributed by atoms with Gasteiger partial charge in [0, 0.05) is 23.7 Å². The number of methoxy groups -OCH3 is 1. The quantitative estimate of drug-likeness (QED) is 0.166. The van der Waals surface area contributed by atoms with E-state index in [9.17, 15) is 9.59 Å². The molecule has 48 heavy (non-hydrogen) atoms. The van der Waals surface area contributed by atoms with E-state index in [-0.39, 0.29) is 18.1 Å². The van der Waals surface area contributed by atoms with Crippen LogP contribution in [0, 0.1) is 0 Å². The van der Waals surface area contributed by atoms with Crippen LogP contribution in [0.4, 0.5) is 10.5 Å². The number of alkyl carbamates (subject to hydrolysis) is 1. The number of ether oxygens (including phenoxy) is 2. The van der Waals surface area contributed by atoms with Gasteiger partial charge in [-0.05, 0) is 35.6 Å². The van der Waals surface area contributed by atoms with Crippen LogP contribution in [0.15, 0.2) is 121 Å². The lowest BCUT2D eigenvalue weighted by Crippen LogP contribution is -2.48. The van der Waals surface area contributed by atoms with Gasteiger partial charge in [-0.1, -0.05) is 114 Å². The van der Waals surface area contributed by atoms with E-state index in [1.165, 1.54) is 7.11 Å². The van der Waals surface area contributed by atoms with Crippen LogP contribution in [0.3, 0.4) is 0 Å². The molecule has 3 atom stereocenters. The van der Waals surface area contributed by atoms with Gasteiger partial charge in [0.25, 0.3) is 0 Å². The molecule has 246 valence electrons. The summed E-state index contributed by atoms with van der Waals surface area (Å²) in [6.07, 6.45) is 2.78. The Morgan fingerprint density at radius 3 is 2.21 bits per heavy atom. The van der Waals surface area contributed by atoms with Gasteiger partial charge in [0.05, 0.1) is 38.6 Å². The molecule has 0 spiro atoms. The van der Waals surface area contributed by atoms with Crippen LogP contribution in [0.1, 0.15) is 29.0 Å². The summed E-state index contributed by atoms with van der Waals surface area (Å²) in [4.78, 5) is 26.6. The molecule has 1 fully saturated rings. The van der Waals surface area contributed by atoms with E-state index >= 15 is 0 Å². The van der Waals surface area contributed by atoms with Crippen molar-refractivity contribution in [2.24, 2.45) is 0 Å². The van der Waals surface area contributed by atoms with Crippen molar-refractivity contribution in [1.82, 2.24) is 25.6 Å². The van der Waals surface area contributed by atoms with Crippen molar-refractivity contribution in [2.45, 2.75) is 43.5 Å². The molecule has 5 aromatic rings. The molecule has 1 aliphatic heterocycles. The topological polar surface area (TPSA) is 119 Å². The highest BCUT2D eigenvalue weighted by atomic mass is 16.5. The molecule has 3 N–H and O–H groups in total. The van der Waals surface area contributed by atoms with Crippen molar-refractivity contribution in [3.8, 4) is 11.3 Å². The molecular formula is C38H40N6O4. The zero-order chi connectivity index (χ0) is 33.1. The Bertz CT molecular complexity index is 1720. The average Bonchev–Trinajstić information content (AvgIpc) is 3.61. The van der Waals surface area contributed by atoms with Gasteiger partial charge in [0.1, 0.15) is 11.7 Å². The number of hydrogen-bond donors (Lipinski definition) is 3. The number of aromatic nitrogens is 3. The molecule has 10 nitrogen and oxygen atoms in total. The molecule has 1 saturated heterocycles. The summed E-state index contributed by atoms with van der Waals surface area (Å²) in [6.45, 7) is 1.93. The lowest BCUT2D eigenvalue weighted by Gasteiger charge is -2.30. The number of benzene rings is 4. The zero-order valence-corrected chi connectivity index (χ0v) is 26.9. The number of rotatable bonds is 12. The van der Waals surface area contributed by atoms with E-state index in [0.717, 1.165) is 34.4 Å². The molecule has 3 unspecified atom stereocenters. The van der Waals surface area contributed by atoms with E-state index in [0.29, 0.717) is 31.8 Å². The van der Waals surface area contributed by atoms with E-state index in [1.54, 1.807) is 0 Å². The highest BCUT2D eigenvalue weighted by molar-refractivity contribution is 5.98. The fraction of sp³-hybridized carbons (Fsp3) is 0.263. The number of para-hydroxylation sites is 1. The monoisotopic (exact) mass is 644 g/mol. The standard InChI is InChI=1S/C38H40N6O4/c1-47-38(46)41-36(35(29-16-7-3-8-17-29)30-18-9-4-10-19-30)37(45)40-33-20-12-11-15-28(33)21-22-32-23-39-31(26-48-32)24-44-25-34(42-43-44)27-13-5-2-6-14-27/h2-20,25,31-32,35-36,39H,21-24,26H2,1H3,(H,40,45)(H,41,46). The van der Waals surface area contributed by atoms with Gasteiger partial charge in [-0.25, -0.2) is 4.79 Å². The number of amides is 2. The molecule has 1 aliphatic rings. The first-order valence-corrected chi connectivity index (χ1v) is 16.2. The Labute approximate surface area is 280 Å². The van der Waals surface area contributed by atoms with Crippen LogP contribution in [-0.4, -0.2) is 65.4 Å². The minimum absolute atomic E-state index is 0.0231. The number of aryl methyl sites for hydroxylation is 1. The predicted octanol–water partition coefficient (Wildman–Crippen LogP) is 5.43. The van der Waals surface area contributed by atoms with E-state index in [2.05, 4.69) is 26.3 Å². The molecule has 10 heteroatoms. The summed E-state index contributed by atoms with van der Waals surface area (Å²) in [7, 11) is 1.29. The molecule has 0 aliphatic carbocycles. The number of morpholine rings is 1. The zero-order valence-electron chi connectivity index (χ0n) is 26.9. The van der Waals surface area contributed by atoms with Crippen LogP contribution >= 0.6 is 0 Å². The van der Waals surface area contributed by atoms with E-state index < -0.39 is 18.1 Å². The molecule has 2 heterocycles. The molecule has 1 aromatic heterocycles. The first-order valence-electron chi connectivity index (χ1n) is 16.2. The lowest BCUT2D eigenvalue weighted by molar-refractivity contribution is -0.118. The number of hydrogen-bond acceptors (Lipinski definition) is 7. The molecule has 0 bridgehead atoms. The number of nitrogens with zero attached hydrogens (tertiary/aromatic N) is 3. The van der Waals surface area contributed by atoms with Crippen molar-refractivity contribution in [2.75, 3.05) is 25.6 Å². The average molecular weight is 645 g/mol. The second-order valence-electron chi connectivity index (χ2n) is 11.9. The Morgan fingerprint density at radius 2 is 1.56 bits per heavy atom. The minimum atomic E-state index is -0.938. The van der Waals surface area contributed by atoms with Crippen molar-refractivity contribution >= 4 is 17.7 Å². The normalized spacial score (nSPS) is 16.6. The van der Waals surface area contributed by atoms with Crippen molar-refractivity contribution in [3.05, 3.63) is 138 Å². The van der Waals surface area contributed by atoms with Gasteiger partial charge >= 0.3 is 6.09 Å². The van der Waals surface area contributed by atoms with Crippen LogP contribution < -0.4 is 16.0 Å². The fourth-order valence-electron chi connectivity index (χ4n) is 6.10. The van der Waals surface area contributed by atoms with Crippen molar-refractivity contribution in [3.63, 3.8) is 0 Å². The van der Waals surface area contributed by atoms with Gasteiger partial charge in [-0.2, -0.15) is 0 Å². The summed E-state index contributed by atoms with van der Waals surface area (Å²) < 4.78 is 13.0. The summed E-state index contributed by atoms with van der Waals surface area (Å²) in [5.74, 6) is -0.789. The van der Waals surface area contributed by atoms with Crippen molar-refractivity contribution in [1.29, 1.82) is 0 Å². The predicted molar refractivity (Wildman–Crippen MR) is 184 cm³/mol. The maximum absolute atomic E-state index is 14.1. The number of carbonyl (C=O) groups excluding carboxylic acids is 2.